The molecule has 5 nitrogen and oxygen atoms in total. The predicted molar refractivity (Wildman–Crippen MR) is 129 cm³/mol. The fourth-order valence-electron chi connectivity index (χ4n) is 4.02. The molecular formula is C27H32F2N2O3. The zero-order valence-corrected chi connectivity index (χ0v) is 20.1. The number of nitrogens with zero attached hydrogens (tertiary/aromatic N) is 1. The van der Waals surface area contributed by atoms with Gasteiger partial charge in [0.2, 0.25) is 5.91 Å². The zero-order valence-electron chi connectivity index (χ0n) is 20.1. The summed E-state index contributed by atoms with van der Waals surface area (Å²) in [6.07, 6.45) is 2.17. The highest BCUT2D eigenvalue weighted by Gasteiger charge is 2.37. The van der Waals surface area contributed by atoms with Gasteiger partial charge < -0.3 is 15.0 Å². The second-order valence-corrected chi connectivity index (χ2v) is 9.47. The van der Waals surface area contributed by atoms with Gasteiger partial charge >= 0.3 is 6.09 Å². The second kappa shape index (κ2) is 10.8. The minimum absolute atomic E-state index is 0.0113. The van der Waals surface area contributed by atoms with Gasteiger partial charge in [-0.25, -0.2) is 13.6 Å². The van der Waals surface area contributed by atoms with Gasteiger partial charge in [-0.3, -0.25) is 4.79 Å². The molecule has 1 aliphatic heterocycles. The van der Waals surface area contributed by atoms with Crippen molar-refractivity contribution < 1.29 is 23.1 Å². The van der Waals surface area contributed by atoms with Crippen LogP contribution in [0.3, 0.4) is 0 Å². The van der Waals surface area contributed by atoms with Crippen LogP contribution in [0.15, 0.2) is 60.7 Å². The number of nitrogens with one attached hydrogen (secondary N) is 1. The van der Waals surface area contributed by atoms with Gasteiger partial charge in [0.15, 0.2) is 0 Å². The predicted octanol–water partition coefficient (Wildman–Crippen LogP) is 5.62. The van der Waals surface area contributed by atoms with Crippen LogP contribution >= 0.6 is 0 Å². The largest absolute Gasteiger partial charge is 0.444 e. The highest BCUT2D eigenvalue weighted by atomic mass is 19.1. The lowest BCUT2D eigenvalue weighted by Crippen LogP contribution is -2.51. The minimum Gasteiger partial charge on any atom is -0.444 e. The first kappa shape index (κ1) is 25.4. The van der Waals surface area contributed by atoms with Gasteiger partial charge in [-0.15, -0.1) is 0 Å². The van der Waals surface area contributed by atoms with E-state index >= 15 is 0 Å². The highest BCUT2D eigenvalue weighted by Crippen LogP contribution is 2.28. The minimum atomic E-state index is -1.07. The van der Waals surface area contributed by atoms with Crippen molar-refractivity contribution in [3.05, 3.63) is 72.1 Å². The van der Waals surface area contributed by atoms with E-state index in [1.54, 1.807) is 32.9 Å². The van der Waals surface area contributed by atoms with Crippen molar-refractivity contribution in [1.82, 2.24) is 10.2 Å². The lowest BCUT2D eigenvalue weighted by atomic mass is 9.88. The molecule has 0 saturated carbocycles. The van der Waals surface area contributed by atoms with E-state index in [9.17, 15) is 18.4 Å². The van der Waals surface area contributed by atoms with E-state index in [2.05, 4.69) is 5.32 Å². The van der Waals surface area contributed by atoms with Crippen molar-refractivity contribution in [1.29, 1.82) is 0 Å². The number of hydrogen-bond acceptors (Lipinski definition) is 3. The number of likely N-dealkylation sites (tertiary alicyclic amines) is 1. The Morgan fingerprint density at radius 1 is 1.09 bits per heavy atom. The number of amides is 2. The monoisotopic (exact) mass is 470 g/mol. The maximum atomic E-state index is 13.8. The van der Waals surface area contributed by atoms with Crippen LogP contribution in [0, 0.1) is 5.82 Å². The summed E-state index contributed by atoms with van der Waals surface area (Å²) in [4.78, 5) is 27.5. The lowest BCUT2D eigenvalue weighted by molar-refractivity contribution is -0.132. The molecule has 1 saturated heterocycles. The maximum absolute atomic E-state index is 13.8. The van der Waals surface area contributed by atoms with Crippen LogP contribution in [-0.2, 0) is 9.53 Å². The fourth-order valence-corrected chi connectivity index (χ4v) is 4.02. The van der Waals surface area contributed by atoms with Gasteiger partial charge in [-0.2, -0.15) is 0 Å². The summed E-state index contributed by atoms with van der Waals surface area (Å²) in [5, 5.41) is 2.73. The molecule has 1 N–H and O–H groups in total. The second-order valence-electron chi connectivity index (χ2n) is 9.47. The molecule has 2 aromatic rings. The van der Waals surface area contributed by atoms with Crippen molar-refractivity contribution in [2.24, 2.45) is 0 Å². The number of alkyl carbamates (subject to hydrolysis) is 1. The molecule has 3 rings (SSSR count). The summed E-state index contributed by atoms with van der Waals surface area (Å²) in [6, 6.07) is 12.8. The molecule has 2 aromatic carbocycles. The number of allylic oxidation sites excluding steroid dienone is 1. The lowest BCUT2D eigenvalue weighted by Gasteiger charge is -2.30. The van der Waals surface area contributed by atoms with E-state index in [0.29, 0.717) is 6.54 Å². The number of carbonyl (C=O) groups excluding carboxylic acids is 2. The first-order valence-corrected chi connectivity index (χ1v) is 11.5. The summed E-state index contributed by atoms with van der Waals surface area (Å²) in [7, 11) is 0. The van der Waals surface area contributed by atoms with Crippen LogP contribution in [-0.4, -0.2) is 47.8 Å². The topological polar surface area (TPSA) is 58.6 Å². The first-order chi connectivity index (χ1) is 16.1. The molecule has 7 heteroatoms. The molecule has 0 unspecified atom stereocenters. The number of benzene rings is 2. The Balaban J connectivity index is 1.91. The van der Waals surface area contributed by atoms with Crippen LogP contribution < -0.4 is 5.32 Å². The molecule has 3 atom stereocenters. The van der Waals surface area contributed by atoms with E-state index < -0.39 is 29.8 Å². The Bertz CT molecular complexity index is 1010. The summed E-state index contributed by atoms with van der Waals surface area (Å²) in [5.41, 5.74) is 1.82. The molecule has 1 fully saturated rings. The van der Waals surface area contributed by atoms with Gasteiger partial charge in [0.25, 0.3) is 0 Å². The molecule has 0 radical (unpaired) electrons. The van der Waals surface area contributed by atoms with Gasteiger partial charge in [-0.1, -0.05) is 48.6 Å². The average Bonchev–Trinajstić information content (AvgIpc) is 3.21. The van der Waals surface area contributed by atoms with Crippen molar-refractivity contribution in [2.45, 2.75) is 57.8 Å². The zero-order chi connectivity index (χ0) is 24.9. The van der Waals surface area contributed by atoms with E-state index in [1.807, 2.05) is 43.3 Å². The summed E-state index contributed by atoms with van der Waals surface area (Å²) >= 11 is 0. The molecule has 34 heavy (non-hydrogen) atoms. The number of hydrogen-bond donors (Lipinski definition) is 1. The molecular weight excluding hydrogens is 438 g/mol. The van der Waals surface area contributed by atoms with Crippen molar-refractivity contribution in [3.8, 4) is 11.1 Å². The van der Waals surface area contributed by atoms with E-state index in [-0.39, 0.29) is 24.7 Å². The Kier molecular flexibility index (Phi) is 8.07. The molecule has 0 aromatic heterocycles. The number of rotatable bonds is 6. The van der Waals surface area contributed by atoms with E-state index in [0.717, 1.165) is 16.7 Å². The van der Waals surface area contributed by atoms with Gasteiger partial charge in [0, 0.05) is 12.5 Å². The molecule has 0 bridgehead atoms. The normalized spacial score (nSPS) is 18.1. The molecule has 182 valence electrons. The van der Waals surface area contributed by atoms with E-state index in [1.165, 1.54) is 17.0 Å². The third-order valence-corrected chi connectivity index (χ3v) is 5.61. The fraction of sp³-hybridized carbons (Fsp3) is 0.407. The van der Waals surface area contributed by atoms with Crippen LogP contribution in [0.2, 0.25) is 0 Å². The Morgan fingerprint density at radius 2 is 1.68 bits per heavy atom. The van der Waals surface area contributed by atoms with Crippen LogP contribution in [0.4, 0.5) is 13.6 Å². The third-order valence-electron chi connectivity index (χ3n) is 5.61. The third kappa shape index (κ3) is 6.65. The van der Waals surface area contributed by atoms with Gasteiger partial charge in [0.1, 0.15) is 23.6 Å². The Hall–Kier alpha value is -3.22. The first-order valence-electron chi connectivity index (χ1n) is 11.5. The average molecular weight is 471 g/mol. The highest BCUT2D eigenvalue weighted by molar-refractivity contribution is 5.87. The van der Waals surface area contributed by atoms with Crippen molar-refractivity contribution in [3.63, 3.8) is 0 Å². The number of alkyl halides is 1. The SMILES string of the molecule is CC=C[C@@H](c1ccc(-c2ccc(F)cc2)cc1)[C@H](NC(=O)OC(C)(C)C)C(=O)N1CC[C@H](F)C1. The quantitative estimate of drug-likeness (QED) is 0.558. The number of carbonyl (C=O) groups is 2. The van der Waals surface area contributed by atoms with E-state index in [4.69, 9.17) is 4.74 Å². The van der Waals surface area contributed by atoms with Gasteiger partial charge in [0.05, 0.1) is 6.54 Å². The maximum Gasteiger partial charge on any atom is 0.408 e. The summed E-state index contributed by atoms with van der Waals surface area (Å²) < 4.78 is 32.5. The van der Waals surface area contributed by atoms with Crippen molar-refractivity contribution >= 4 is 12.0 Å². The van der Waals surface area contributed by atoms with Crippen molar-refractivity contribution in [2.75, 3.05) is 13.1 Å². The Labute approximate surface area is 199 Å². The molecule has 1 aliphatic rings. The number of halogens is 2. The van der Waals surface area contributed by atoms with Crippen LogP contribution in [0.1, 0.15) is 45.6 Å². The standard InChI is InChI=1S/C27H32F2N2O3/c1-5-6-23(20-9-7-18(8-10-20)19-11-13-21(28)14-12-19)24(30-26(33)34-27(2,3)4)25(32)31-16-15-22(29)17-31/h5-14,22-24H,15-17H2,1-4H3,(H,30,33)/t22-,23-,24-/m0/s1. The molecule has 0 aliphatic carbocycles. The number of ether oxygens (including phenoxy) is 1. The van der Waals surface area contributed by atoms with Crippen LogP contribution in [0.25, 0.3) is 11.1 Å². The molecule has 1 heterocycles. The summed E-state index contributed by atoms with van der Waals surface area (Å²) in [6.45, 7) is 7.39. The Morgan fingerprint density at radius 3 is 2.18 bits per heavy atom. The summed E-state index contributed by atoms with van der Waals surface area (Å²) in [5.74, 6) is -1.15. The molecule has 0 spiro atoms. The van der Waals surface area contributed by atoms with Crippen LogP contribution in [0.5, 0.6) is 0 Å². The smallest absolute Gasteiger partial charge is 0.408 e. The van der Waals surface area contributed by atoms with Gasteiger partial charge in [-0.05, 0) is 62.9 Å². The molecule has 2 amide bonds.